The van der Waals surface area contributed by atoms with Gasteiger partial charge in [0.2, 0.25) is 0 Å². The molecule has 2 aromatic heterocycles. The Morgan fingerprint density at radius 2 is 2.10 bits per heavy atom. The van der Waals surface area contributed by atoms with E-state index in [1.807, 2.05) is 6.92 Å². The van der Waals surface area contributed by atoms with Crippen molar-refractivity contribution in [2.75, 3.05) is 18.5 Å². The number of aromatic nitrogens is 2. The fourth-order valence-corrected chi connectivity index (χ4v) is 2.71. The van der Waals surface area contributed by atoms with Crippen LogP contribution in [0.2, 0.25) is 0 Å². The van der Waals surface area contributed by atoms with Gasteiger partial charge in [0.1, 0.15) is 12.3 Å². The summed E-state index contributed by atoms with van der Waals surface area (Å²) in [5, 5.41) is 22.8. The number of nitro benzene ring substituents is 1. The van der Waals surface area contributed by atoms with Crippen molar-refractivity contribution in [1.29, 1.82) is 0 Å². The summed E-state index contributed by atoms with van der Waals surface area (Å²) in [6, 6.07) is 8.45. The van der Waals surface area contributed by atoms with Gasteiger partial charge >= 0.3 is 5.97 Å². The molecule has 3 rings (SSSR count). The molecule has 0 saturated carbocycles. The Bertz CT molecular complexity index is 1140. The molecule has 2 N–H and O–H groups in total. The van der Waals surface area contributed by atoms with Crippen LogP contribution < -0.4 is 10.9 Å². The molecule has 3 aromatic rings. The molecular weight excluding hydrogens is 380 g/mol. The van der Waals surface area contributed by atoms with Gasteiger partial charge in [0.05, 0.1) is 22.8 Å². The highest BCUT2D eigenvalue weighted by atomic mass is 16.6. The molecular formula is C19H18N4O6. The number of anilines is 1. The molecule has 0 aliphatic carbocycles. The molecule has 0 saturated heterocycles. The van der Waals surface area contributed by atoms with Gasteiger partial charge in [-0.3, -0.25) is 19.3 Å². The Labute approximate surface area is 164 Å². The van der Waals surface area contributed by atoms with E-state index in [0.717, 1.165) is 11.6 Å². The molecule has 0 spiro atoms. The number of nitrogens with one attached hydrogen (secondary N) is 1. The normalized spacial score (nSPS) is 10.7. The van der Waals surface area contributed by atoms with Gasteiger partial charge in [0, 0.05) is 36.6 Å². The predicted molar refractivity (Wildman–Crippen MR) is 104 cm³/mol. The summed E-state index contributed by atoms with van der Waals surface area (Å²) in [6.45, 7) is 1.54. The molecule has 0 fully saturated rings. The number of carbonyl (C=O) groups is 1. The standard InChI is InChI=1S/C19H18N4O6/c1-12-2-5-17-21-13(8-18(25)22(17)10-12)11-29-19(26)15-9-14(23(27)28)3-4-16(15)20-6-7-24/h2-5,8-10,20,24H,6-7,11H2,1H3. The maximum absolute atomic E-state index is 12.5. The van der Waals surface area contributed by atoms with Crippen molar-refractivity contribution in [2.45, 2.75) is 13.5 Å². The maximum atomic E-state index is 12.5. The Kier molecular flexibility index (Phi) is 5.84. The largest absolute Gasteiger partial charge is 0.456 e. The number of esters is 1. The van der Waals surface area contributed by atoms with Crippen molar-refractivity contribution in [3.05, 3.63) is 79.9 Å². The van der Waals surface area contributed by atoms with Crippen LogP contribution in [-0.4, -0.2) is 38.5 Å². The second-order valence-electron chi connectivity index (χ2n) is 6.23. The van der Waals surface area contributed by atoms with E-state index < -0.39 is 10.9 Å². The number of rotatable bonds is 7. The topological polar surface area (TPSA) is 136 Å². The Morgan fingerprint density at radius 1 is 1.31 bits per heavy atom. The van der Waals surface area contributed by atoms with Crippen LogP contribution >= 0.6 is 0 Å². The average molecular weight is 398 g/mol. The molecule has 1 aromatic carbocycles. The lowest BCUT2D eigenvalue weighted by molar-refractivity contribution is -0.384. The predicted octanol–water partition coefficient (Wildman–Crippen LogP) is 1.67. The monoisotopic (exact) mass is 398 g/mol. The molecule has 29 heavy (non-hydrogen) atoms. The van der Waals surface area contributed by atoms with Gasteiger partial charge in [-0.05, 0) is 24.6 Å². The second-order valence-corrected chi connectivity index (χ2v) is 6.23. The molecule has 0 bridgehead atoms. The first-order valence-corrected chi connectivity index (χ1v) is 8.68. The highest BCUT2D eigenvalue weighted by Gasteiger charge is 2.18. The number of benzene rings is 1. The van der Waals surface area contributed by atoms with Crippen LogP contribution in [0.15, 0.2) is 47.4 Å². The van der Waals surface area contributed by atoms with Crippen LogP contribution in [0.1, 0.15) is 21.6 Å². The first-order chi connectivity index (χ1) is 13.9. The lowest BCUT2D eigenvalue weighted by atomic mass is 10.1. The summed E-state index contributed by atoms with van der Waals surface area (Å²) in [6.07, 6.45) is 1.66. The number of aryl methyl sites for hydroxylation is 1. The molecule has 2 heterocycles. The van der Waals surface area contributed by atoms with E-state index in [2.05, 4.69) is 10.3 Å². The number of pyridine rings is 1. The van der Waals surface area contributed by atoms with Crippen LogP contribution in [0.4, 0.5) is 11.4 Å². The zero-order chi connectivity index (χ0) is 21.0. The lowest BCUT2D eigenvalue weighted by Crippen LogP contribution is -2.17. The first kappa shape index (κ1) is 20.0. The van der Waals surface area contributed by atoms with Crippen LogP contribution in [0.3, 0.4) is 0 Å². The van der Waals surface area contributed by atoms with Gasteiger partial charge in [-0.1, -0.05) is 6.07 Å². The van der Waals surface area contributed by atoms with E-state index in [-0.39, 0.29) is 47.9 Å². The van der Waals surface area contributed by atoms with Crippen LogP contribution in [0.25, 0.3) is 5.65 Å². The van der Waals surface area contributed by atoms with Gasteiger partial charge in [0.15, 0.2) is 0 Å². The molecule has 10 nitrogen and oxygen atoms in total. The molecule has 0 aliphatic rings. The number of hydrogen-bond donors (Lipinski definition) is 2. The van der Waals surface area contributed by atoms with Gasteiger partial charge < -0.3 is 15.2 Å². The molecule has 0 unspecified atom stereocenters. The van der Waals surface area contributed by atoms with E-state index in [0.29, 0.717) is 5.65 Å². The summed E-state index contributed by atoms with van der Waals surface area (Å²) in [4.78, 5) is 39.4. The average Bonchev–Trinajstić information content (AvgIpc) is 2.70. The Morgan fingerprint density at radius 3 is 2.83 bits per heavy atom. The van der Waals surface area contributed by atoms with E-state index in [4.69, 9.17) is 9.84 Å². The molecule has 0 radical (unpaired) electrons. The van der Waals surface area contributed by atoms with E-state index in [1.54, 1.807) is 18.3 Å². The van der Waals surface area contributed by atoms with Gasteiger partial charge in [-0.2, -0.15) is 0 Å². The molecule has 150 valence electrons. The third-order valence-electron chi connectivity index (χ3n) is 4.07. The SMILES string of the molecule is Cc1ccc2nc(COC(=O)c3cc([N+](=O)[O-])ccc3NCCO)cc(=O)n2c1. The Balaban J connectivity index is 1.84. The van der Waals surface area contributed by atoms with Crippen molar-refractivity contribution < 1.29 is 19.6 Å². The smallest absolute Gasteiger partial charge is 0.340 e. The van der Waals surface area contributed by atoms with E-state index >= 15 is 0 Å². The zero-order valence-corrected chi connectivity index (χ0v) is 15.5. The molecule has 0 aliphatic heterocycles. The van der Waals surface area contributed by atoms with E-state index in [9.17, 15) is 19.7 Å². The van der Waals surface area contributed by atoms with Gasteiger partial charge in [-0.25, -0.2) is 9.78 Å². The summed E-state index contributed by atoms with van der Waals surface area (Å²) >= 11 is 0. The van der Waals surface area contributed by atoms with Gasteiger partial charge in [-0.15, -0.1) is 0 Å². The first-order valence-electron chi connectivity index (χ1n) is 8.68. The second kappa shape index (κ2) is 8.48. The number of carbonyl (C=O) groups excluding carboxylic acids is 1. The fourth-order valence-electron chi connectivity index (χ4n) is 2.71. The van der Waals surface area contributed by atoms with Crippen molar-refractivity contribution in [2.24, 2.45) is 0 Å². The third-order valence-corrected chi connectivity index (χ3v) is 4.07. The zero-order valence-electron chi connectivity index (χ0n) is 15.5. The fraction of sp³-hybridized carbons (Fsp3) is 0.211. The maximum Gasteiger partial charge on any atom is 0.340 e. The highest BCUT2D eigenvalue weighted by molar-refractivity contribution is 5.96. The van der Waals surface area contributed by atoms with Crippen molar-refractivity contribution in [3.63, 3.8) is 0 Å². The van der Waals surface area contributed by atoms with Crippen LogP contribution in [-0.2, 0) is 11.3 Å². The minimum atomic E-state index is -0.819. The molecule has 0 atom stereocenters. The Hall–Kier alpha value is -3.79. The minimum absolute atomic E-state index is 0.0548. The minimum Gasteiger partial charge on any atom is -0.456 e. The summed E-state index contributed by atoms with van der Waals surface area (Å²) < 4.78 is 6.61. The lowest BCUT2D eigenvalue weighted by Gasteiger charge is -2.11. The summed E-state index contributed by atoms with van der Waals surface area (Å²) in [5.41, 5.74) is 1.21. The number of nitrogens with zero attached hydrogens (tertiary/aromatic N) is 3. The van der Waals surface area contributed by atoms with Crippen LogP contribution in [0, 0.1) is 17.0 Å². The van der Waals surface area contributed by atoms with Crippen molar-refractivity contribution in [1.82, 2.24) is 9.38 Å². The number of aliphatic hydroxyl groups excluding tert-OH is 1. The molecule has 0 amide bonds. The van der Waals surface area contributed by atoms with Crippen molar-refractivity contribution in [3.8, 4) is 0 Å². The number of nitro groups is 1. The van der Waals surface area contributed by atoms with Crippen molar-refractivity contribution >= 4 is 23.0 Å². The molecule has 10 heteroatoms. The number of hydrogen-bond acceptors (Lipinski definition) is 8. The van der Waals surface area contributed by atoms with Crippen LogP contribution in [0.5, 0.6) is 0 Å². The van der Waals surface area contributed by atoms with Gasteiger partial charge in [0.25, 0.3) is 11.2 Å². The summed E-state index contributed by atoms with van der Waals surface area (Å²) in [7, 11) is 0. The number of fused-ring (bicyclic) bond motifs is 1. The number of non-ortho nitro benzene ring substituents is 1. The quantitative estimate of drug-likeness (QED) is 0.348. The number of ether oxygens (including phenoxy) is 1. The highest BCUT2D eigenvalue weighted by Crippen LogP contribution is 2.23. The third kappa shape index (κ3) is 4.55. The number of aliphatic hydroxyl groups is 1. The van der Waals surface area contributed by atoms with E-state index in [1.165, 1.54) is 22.6 Å². The summed E-state index contributed by atoms with van der Waals surface area (Å²) in [5.74, 6) is -0.819.